The predicted molar refractivity (Wildman–Crippen MR) is 97.0 cm³/mol. The summed E-state index contributed by atoms with van der Waals surface area (Å²) < 4.78 is 19.8. The summed E-state index contributed by atoms with van der Waals surface area (Å²) in [5, 5.41) is 0.620. The molecule has 4 nitrogen and oxygen atoms in total. The van der Waals surface area contributed by atoms with Gasteiger partial charge in [0.1, 0.15) is 5.82 Å². The van der Waals surface area contributed by atoms with Gasteiger partial charge in [-0.15, -0.1) is 0 Å². The van der Waals surface area contributed by atoms with Crippen LogP contribution in [0, 0.1) is 5.82 Å². The fourth-order valence-corrected chi connectivity index (χ4v) is 4.01. The van der Waals surface area contributed by atoms with Crippen LogP contribution in [0.2, 0.25) is 0 Å². The molecule has 1 aromatic carbocycles. The number of benzene rings is 1. The molecule has 3 heterocycles. The maximum atomic E-state index is 14.0. The highest BCUT2D eigenvalue weighted by atomic mass is 19.1. The first-order valence-electron chi connectivity index (χ1n) is 9.38. The average Bonchev–Trinajstić information content (AvgIpc) is 3.05. The molecule has 4 rings (SSSR count). The van der Waals surface area contributed by atoms with Gasteiger partial charge in [-0.3, -0.25) is 14.8 Å². The Balaban J connectivity index is 1.41. The zero-order valence-corrected chi connectivity index (χ0v) is 14.7. The van der Waals surface area contributed by atoms with E-state index >= 15 is 0 Å². The lowest BCUT2D eigenvalue weighted by atomic mass is 10.1. The number of ether oxygens (including phenoxy) is 1. The van der Waals surface area contributed by atoms with Gasteiger partial charge < -0.3 is 4.74 Å². The molecule has 1 atom stereocenters. The molecule has 25 heavy (non-hydrogen) atoms. The smallest absolute Gasteiger partial charge is 0.132 e. The molecule has 134 valence electrons. The zero-order valence-electron chi connectivity index (χ0n) is 14.7. The molecule has 0 bridgehead atoms. The second-order valence-electron chi connectivity index (χ2n) is 7.17. The van der Waals surface area contributed by atoms with Crippen LogP contribution in [0.1, 0.15) is 24.8 Å². The SMILES string of the molecule is Fc1ccc(CN2CCCN(C[C@@H]3CCCO3)CC2)c2ncccc12. The molecular weight excluding hydrogens is 317 g/mol. The molecule has 1 aromatic heterocycles. The molecule has 2 fully saturated rings. The topological polar surface area (TPSA) is 28.6 Å². The van der Waals surface area contributed by atoms with Gasteiger partial charge in [0.15, 0.2) is 0 Å². The van der Waals surface area contributed by atoms with Crippen LogP contribution >= 0.6 is 0 Å². The maximum absolute atomic E-state index is 14.0. The molecule has 2 saturated heterocycles. The first-order chi connectivity index (χ1) is 12.3. The van der Waals surface area contributed by atoms with Gasteiger partial charge in [-0.2, -0.15) is 0 Å². The van der Waals surface area contributed by atoms with E-state index in [-0.39, 0.29) is 5.82 Å². The second-order valence-corrected chi connectivity index (χ2v) is 7.17. The van der Waals surface area contributed by atoms with E-state index in [2.05, 4.69) is 14.8 Å². The molecule has 0 amide bonds. The molecule has 2 aromatic rings. The molecule has 0 aliphatic carbocycles. The Kier molecular flexibility index (Phi) is 5.25. The lowest BCUT2D eigenvalue weighted by Gasteiger charge is -2.24. The minimum Gasteiger partial charge on any atom is -0.377 e. The normalized spacial score (nSPS) is 23.2. The highest BCUT2D eigenvalue weighted by Gasteiger charge is 2.22. The summed E-state index contributed by atoms with van der Waals surface area (Å²) in [4.78, 5) is 9.43. The first-order valence-corrected chi connectivity index (χ1v) is 9.38. The predicted octanol–water partition coefficient (Wildman–Crippen LogP) is 3.06. The first kappa shape index (κ1) is 16.9. The summed E-state index contributed by atoms with van der Waals surface area (Å²) in [6, 6.07) is 7.07. The summed E-state index contributed by atoms with van der Waals surface area (Å²) in [7, 11) is 0. The molecule has 0 radical (unpaired) electrons. The van der Waals surface area contributed by atoms with E-state index in [0.717, 1.165) is 57.0 Å². The number of fused-ring (bicyclic) bond motifs is 1. The Labute approximate surface area is 148 Å². The number of nitrogens with zero attached hydrogens (tertiary/aromatic N) is 3. The summed E-state index contributed by atoms with van der Waals surface area (Å²) in [6.45, 7) is 7.16. The summed E-state index contributed by atoms with van der Waals surface area (Å²) >= 11 is 0. The Morgan fingerprint density at radius 3 is 2.84 bits per heavy atom. The number of hydrogen-bond donors (Lipinski definition) is 0. The molecule has 2 aliphatic rings. The molecule has 0 N–H and O–H groups in total. The van der Waals surface area contributed by atoms with Gasteiger partial charge >= 0.3 is 0 Å². The van der Waals surface area contributed by atoms with E-state index in [1.807, 2.05) is 12.1 Å². The highest BCUT2D eigenvalue weighted by molar-refractivity contribution is 5.82. The Morgan fingerprint density at radius 1 is 1.08 bits per heavy atom. The number of rotatable bonds is 4. The van der Waals surface area contributed by atoms with Crippen molar-refractivity contribution in [3.05, 3.63) is 41.8 Å². The zero-order chi connectivity index (χ0) is 17.1. The van der Waals surface area contributed by atoms with Gasteiger partial charge in [-0.1, -0.05) is 6.07 Å². The highest BCUT2D eigenvalue weighted by Crippen LogP contribution is 2.22. The minimum absolute atomic E-state index is 0.189. The molecular formula is C20H26FN3O. The third-order valence-electron chi connectivity index (χ3n) is 5.36. The number of aromatic nitrogens is 1. The van der Waals surface area contributed by atoms with Gasteiger partial charge in [0.05, 0.1) is 11.6 Å². The largest absolute Gasteiger partial charge is 0.377 e. The lowest BCUT2D eigenvalue weighted by molar-refractivity contribution is 0.0742. The van der Waals surface area contributed by atoms with Crippen molar-refractivity contribution < 1.29 is 9.13 Å². The van der Waals surface area contributed by atoms with Crippen molar-refractivity contribution in [3.8, 4) is 0 Å². The van der Waals surface area contributed by atoms with Crippen molar-refractivity contribution in [1.82, 2.24) is 14.8 Å². The van der Waals surface area contributed by atoms with Crippen LogP contribution < -0.4 is 0 Å². The molecule has 5 heteroatoms. The van der Waals surface area contributed by atoms with Crippen LogP contribution in [0.25, 0.3) is 10.9 Å². The Bertz CT molecular complexity index is 717. The number of halogens is 1. The number of hydrogen-bond acceptors (Lipinski definition) is 4. The van der Waals surface area contributed by atoms with Gasteiger partial charge in [-0.25, -0.2) is 4.39 Å². The average molecular weight is 343 g/mol. The Hall–Kier alpha value is -1.56. The van der Waals surface area contributed by atoms with Crippen LogP contribution in [-0.2, 0) is 11.3 Å². The quantitative estimate of drug-likeness (QED) is 0.853. The second kappa shape index (κ2) is 7.77. The minimum atomic E-state index is -0.189. The Morgan fingerprint density at radius 2 is 1.96 bits per heavy atom. The van der Waals surface area contributed by atoms with Gasteiger partial charge in [-0.05, 0) is 56.1 Å². The summed E-state index contributed by atoms with van der Waals surface area (Å²) in [5.41, 5.74) is 1.91. The fraction of sp³-hybridized carbons (Fsp3) is 0.550. The maximum Gasteiger partial charge on any atom is 0.132 e. The standard InChI is InChI=1S/C20H26FN3O/c21-19-7-6-16(20-18(19)5-1-8-22-20)14-23-9-3-10-24(12-11-23)15-17-4-2-13-25-17/h1,5-8,17H,2-4,9-15H2/t17-/m0/s1. The van der Waals surface area contributed by atoms with Crippen molar-refractivity contribution in [2.45, 2.75) is 31.9 Å². The third-order valence-corrected chi connectivity index (χ3v) is 5.36. The number of pyridine rings is 1. The van der Waals surface area contributed by atoms with E-state index in [1.165, 1.54) is 19.3 Å². The van der Waals surface area contributed by atoms with E-state index in [9.17, 15) is 4.39 Å². The third kappa shape index (κ3) is 4.00. The molecule has 0 unspecified atom stereocenters. The van der Waals surface area contributed by atoms with Gasteiger partial charge in [0, 0.05) is 44.4 Å². The van der Waals surface area contributed by atoms with E-state index in [0.29, 0.717) is 11.5 Å². The van der Waals surface area contributed by atoms with Crippen LogP contribution in [0.5, 0.6) is 0 Å². The summed E-state index contributed by atoms with van der Waals surface area (Å²) in [5.74, 6) is -0.189. The van der Waals surface area contributed by atoms with Crippen molar-refractivity contribution in [2.75, 3.05) is 39.3 Å². The monoisotopic (exact) mass is 343 g/mol. The van der Waals surface area contributed by atoms with Crippen LogP contribution in [-0.4, -0.2) is 60.2 Å². The van der Waals surface area contributed by atoms with Crippen molar-refractivity contribution >= 4 is 10.9 Å². The molecule has 0 saturated carbocycles. The van der Waals surface area contributed by atoms with Crippen molar-refractivity contribution in [2.24, 2.45) is 0 Å². The van der Waals surface area contributed by atoms with Gasteiger partial charge in [0.25, 0.3) is 0 Å². The molecule has 2 aliphatic heterocycles. The van der Waals surface area contributed by atoms with E-state index < -0.39 is 0 Å². The van der Waals surface area contributed by atoms with E-state index in [4.69, 9.17) is 4.74 Å². The van der Waals surface area contributed by atoms with Crippen LogP contribution in [0.4, 0.5) is 4.39 Å². The van der Waals surface area contributed by atoms with Gasteiger partial charge in [0.2, 0.25) is 0 Å². The van der Waals surface area contributed by atoms with Crippen LogP contribution in [0.3, 0.4) is 0 Å². The lowest BCUT2D eigenvalue weighted by Crippen LogP contribution is -2.35. The van der Waals surface area contributed by atoms with Crippen molar-refractivity contribution in [3.63, 3.8) is 0 Å². The van der Waals surface area contributed by atoms with Crippen LogP contribution in [0.15, 0.2) is 30.5 Å². The molecule has 0 spiro atoms. The van der Waals surface area contributed by atoms with E-state index in [1.54, 1.807) is 18.3 Å². The summed E-state index contributed by atoms with van der Waals surface area (Å²) in [6.07, 6.45) is 5.75. The fourth-order valence-electron chi connectivity index (χ4n) is 4.01. The van der Waals surface area contributed by atoms with Crippen molar-refractivity contribution in [1.29, 1.82) is 0 Å².